The molecule has 1 N–H and O–H groups in total. The molecule has 134 valence electrons. The van der Waals surface area contributed by atoms with Gasteiger partial charge in [0.05, 0.1) is 26.2 Å². The van der Waals surface area contributed by atoms with Gasteiger partial charge in [-0.05, 0) is 24.3 Å². The highest BCUT2D eigenvalue weighted by Gasteiger charge is 2.32. The van der Waals surface area contributed by atoms with Crippen LogP contribution in [0.25, 0.3) is 0 Å². The topological polar surface area (TPSA) is 41.8 Å². The second-order valence-corrected chi connectivity index (χ2v) is 7.90. The summed E-state index contributed by atoms with van der Waals surface area (Å²) in [6, 6.07) is 8.85. The molecule has 0 aromatic heterocycles. The average Bonchev–Trinajstić information content (AvgIpc) is 2.59. The zero-order valence-electron chi connectivity index (χ0n) is 13.4. The lowest BCUT2D eigenvalue weighted by atomic mass is 10.2. The fourth-order valence-electron chi connectivity index (χ4n) is 2.94. The van der Waals surface area contributed by atoms with E-state index in [2.05, 4.69) is 0 Å². The summed E-state index contributed by atoms with van der Waals surface area (Å²) in [5, 5.41) is 0. The van der Waals surface area contributed by atoms with E-state index >= 15 is 0 Å². The second-order valence-electron chi connectivity index (χ2n) is 6.00. The molecule has 1 aliphatic rings. The number of piperazine rings is 1. The van der Waals surface area contributed by atoms with Crippen LogP contribution >= 0.6 is 0 Å². The van der Waals surface area contributed by atoms with E-state index in [0.29, 0.717) is 31.3 Å². The standard InChI is InChI=1S/C17H17F3N2O2S/c18-14-5-6-16(20)17(11-14)25(23,24)22-9-7-21(8-10-22)12-13-3-1-2-4-15(13)19/h1-6,11H,7-10,12H2/p+1. The summed E-state index contributed by atoms with van der Waals surface area (Å²) in [5.41, 5.74) is 0.574. The van der Waals surface area contributed by atoms with Gasteiger partial charge in [-0.3, -0.25) is 0 Å². The molecule has 0 spiro atoms. The maximum atomic E-state index is 13.8. The van der Waals surface area contributed by atoms with Crippen molar-refractivity contribution in [3.63, 3.8) is 0 Å². The third-order valence-electron chi connectivity index (χ3n) is 4.34. The maximum Gasteiger partial charge on any atom is 0.246 e. The van der Waals surface area contributed by atoms with E-state index in [4.69, 9.17) is 0 Å². The Morgan fingerprint density at radius 3 is 2.32 bits per heavy atom. The van der Waals surface area contributed by atoms with E-state index in [9.17, 15) is 21.6 Å². The number of benzene rings is 2. The quantitative estimate of drug-likeness (QED) is 0.878. The Morgan fingerprint density at radius 2 is 1.64 bits per heavy atom. The number of halogens is 3. The van der Waals surface area contributed by atoms with Crippen molar-refractivity contribution in [2.75, 3.05) is 26.2 Å². The second kappa shape index (κ2) is 7.15. The first-order valence-electron chi connectivity index (χ1n) is 7.90. The van der Waals surface area contributed by atoms with Gasteiger partial charge in [0.2, 0.25) is 10.0 Å². The van der Waals surface area contributed by atoms with Gasteiger partial charge in [0.25, 0.3) is 0 Å². The van der Waals surface area contributed by atoms with Gasteiger partial charge in [0, 0.05) is 5.56 Å². The lowest BCUT2D eigenvalue weighted by Gasteiger charge is -2.31. The normalized spacial score (nSPS) is 16.9. The molecule has 1 aliphatic heterocycles. The molecule has 0 atom stereocenters. The van der Waals surface area contributed by atoms with Crippen molar-refractivity contribution in [1.82, 2.24) is 4.31 Å². The van der Waals surface area contributed by atoms with Crippen LogP contribution in [0.15, 0.2) is 47.4 Å². The maximum absolute atomic E-state index is 13.8. The third kappa shape index (κ3) is 3.86. The first kappa shape index (κ1) is 17.9. The summed E-state index contributed by atoms with van der Waals surface area (Å²) in [5.74, 6) is -2.06. The number of hydrogen-bond donors (Lipinski definition) is 1. The Balaban J connectivity index is 1.69. The lowest BCUT2D eigenvalue weighted by molar-refractivity contribution is -0.917. The minimum absolute atomic E-state index is 0.169. The molecule has 2 aromatic rings. The molecule has 2 aromatic carbocycles. The summed E-state index contributed by atoms with van der Waals surface area (Å²) < 4.78 is 67.0. The van der Waals surface area contributed by atoms with Crippen molar-refractivity contribution in [2.24, 2.45) is 0 Å². The minimum Gasteiger partial charge on any atom is -0.329 e. The Labute approximate surface area is 144 Å². The Hall–Kier alpha value is -1.90. The molecular weight excluding hydrogens is 353 g/mol. The fraction of sp³-hybridized carbons (Fsp3) is 0.294. The van der Waals surface area contributed by atoms with E-state index in [1.807, 2.05) is 0 Å². The molecule has 0 saturated carbocycles. The summed E-state index contributed by atoms with van der Waals surface area (Å²) in [7, 11) is -4.09. The molecule has 8 heteroatoms. The summed E-state index contributed by atoms with van der Waals surface area (Å²) in [6.07, 6.45) is 0. The Bertz CT molecular complexity index is 866. The third-order valence-corrected chi connectivity index (χ3v) is 6.25. The van der Waals surface area contributed by atoms with Crippen LogP contribution in [-0.2, 0) is 16.6 Å². The number of nitrogens with zero attached hydrogens (tertiary/aromatic N) is 1. The van der Waals surface area contributed by atoms with E-state index in [1.54, 1.807) is 18.2 Å². The zero-order valence-corrected chi connectivity index (χ0v) is 14.2. The first-order valence-corrected chi connectivity index (χ1v) is 9.34. The zero-order chi connectivity index (χ0) is 18.0. The van der Waals surface area contributed by atoms with Crippen LogP contribution in [0.4, 0.5) is 13.2 Å². The molecule has 0 radical (unpaired) electrons. The van der Waals surface area contributed by atoms with Gasteiger partial charge in [-0.2, -0.15) is 4.31 Å². The molecule has 4 nitrogen and oxygen atoms in total. The average molecular weight is 371 g/mol. The number of hydrogen-bond acceptors (Lipinski definition) is 2. The monoisotopic (exact) mass is 371 g/mol. The van der Waals surface area contributed by atoms with Crippen LogP contribution in [0.1, 0.15) is 5.56 Å². The van der Waals surface area contributed by atoms with Gasteiger partial charge in [-0.15, -0.1) is 0 Å². The highest BCUT2D eigenvalue weighted by molar-refractivity contribution is 7.89. The lowest BCUT2D eigenvalue weighted by Crippen LogP contribution is -3.13. The highest BCUT2D eigenvalue weighted by Crippen LogP contribution is 2.20. The number of rotatable bonds is 4. The van der Waals surface area contributed by atoms with E-state index in [-0.39, 0.29) is 18.9 Å². The molecule has 25 heavy (non-hydrogen) atoms. The molecule has 1 saturated heterocycles. The Morgan fingerprint density at radius 1 is 0.960 bits per heavy atom. The van der Waals surface area contributed by atoms with Gasteiger partial charge < -0.3 is 4.90 Å². The molecule has 1 fully saturated rings. The van der Waals surface area contributed by atoms with Crippen LogP contribution in [0.5, 0.6) is 0 Å². The van der Waals surface area contributed by atoms with Crippen LogP contribution in [0.2, 0.25) is 0 Å². The molecule has 0 unspecified atom stereocenters. The van der Waals surface area contributed by atoms with Gasteiger partial charge in [-0.25, -0.2) is 21.6 Å². The number of sulfonamides is 1. The van der Waals surface area contributed by atoms with Crippen molar-refractivity contribution in [2.45, 2.75) is 11.4 Å². The number of quaternary nitrogens is 1. The summed E-state index contributed by atoms with van der Waals surface area (Å²) in [6.45, 7) is 1.72. The molecular formula is C17H18F3N2O2S+. The van der Waals surface area contributed by atoms with Crippen LogP contribution in [0, 0.1) is 17.5 Å². The fourth-order valence-corrected chi connectivity index (χ4v) is 4.46. The molecule has 0 aliphatic carbocycles. The molecule has 3 rings (SSSR count). The van der Waals surface area contributed by atoms with Gasteiger partial charge in [-0.1, -0.05) is 18.2 Å². The van der Waals surface area contributed by atoms with Crippen LogP contribution < -0.4 is 4.90 Å². The first-order chi connectivity index (χ1) is 11.9. The van der Waals surface area contributed by atoms with Gasteiger partial charge in [0.1, 0.15) is 28.9 Å². The van der Waals surface area contributed by atoms with Crippen molar-refractivity contribution in [3.05, 3.63) is 65.5 Å². The van der Waals surface area contributed by atoms with Crippen LogP contribution in [-0.4, -0.2) is 38.9 Å². The largest absolute Gasteiger partial charge is 0.329 e. The minimum atomic E-state index is -4.09. The highest BCUT2D eigenvalue weighted by atomic mass is 32.2. The van der Waals surface area contributed by atoms with Crippen molar-refractivity contribution in [3.8, 4) is 0 Å². The summed E-state index contributed by atoms with van der Waals surface area (Å²) >= 11 is 0. The smallest absolute Gasteiger partial charge is 0.246 e. The van der Waals surface area contributed by atoms with Crippen molar-refractivity contribution < 1.29 is 26.5 Å². The van der Waals surface area contributed by atoms with Crippen LogP contribution in [0.3, 0.4) is 0 Å². The molecule has 0 bridgehead atoms. The summed E-state index contributed by atoms with van der Waals surface area (Å²) in [4.78, 5) is 0.390. The van der Waals surface area contributed by atoms with E-state index < -0.39 is 26.6 Å². The molecule has 0 amide bonds. The van der Waals surface area contributed by atoms with E-state index in [1.165, 1.54) is 6.07 Å². The van der Waals surface area contributed by atoms with Gasteiger partial charge >= 0.3 is 0 Å². The van der Waals surface area contributed by atoms with Gasteiger partial charge in [0.15, 0.2) is 0 Å². The van der Waals surface area contributed by atoms with E-state index in [0.717, 1.165) is 21.3 Å². The molecule has 1 heterocycles. The number of nitrogens with one attached hydrogen (secondary N) is 1. The van der Waals surface area contributed by atoms with Crippen molar-refractivity contribution in [1.29, 1.82) is 0 Å². The van der Waals surface area contributed by atoms with Crippen molar-refractivity contribution >= 4 is 10.0 Å². The SMILES string of the molecule is O=S(=O)(c1cc(F)ccc1F)N1CC[NH+](Cc2ccccc2F)CC1. The predicted octanol–water partition coefficient (Wildman–Crippen LogP) is 1.19. The Kier molecular flexibility index (Phi) is 5.12. The predicted molar refractivity (Wildman–Crippen MR) is 85.9 cm³/mol.